The number of hydrogen-bond donors (Lipinski definition) is 0. The van der Waals surface area contributed by atoms with Crippen molar-refractivity contribution >= 4 is 27.3 Å². The van der Waals surface area contributed by atoms with E-state index >= 15 is 0 Å². The van der Waals surface area contributed by atoms with Crippen LogP contribution in [-0.2, 0) is 12.8 Å². The summed E-state index contributed by atoms with van der Waals surface area (Å²) in [7, 11) is 0. The van der Waals surface area contributed by atoms with Gasteiger partial charge in [-0.05, 0) is 82.6 Å². The molecule has 0 bridgehead atoms. The van der Waals surface area contributed by atoms with Crippen molar-refractivity contribution in [2.45, 2.75) is 26.7 Å². The molecule has 0 amide bonds. The fourth-order valence-corrected chi connectivity index (χ4v) is 6.45. The van der Waals surface area contributed by atoms with Gasteiger partial charge in [0.25, 0.3) is 0 Å². The van der Waals surface area contributed by atoms with E-state index < -0.39 is 0 Å². The number of hydrogen-bond acceptors (Lipinski definition) is 1. The first kappa shape index (κ1) is 17.6. The molecule has 0 saturated heterocycles. The molecule has 0 spiro atoms. The second kappa shape index (κ2) is 5.90. The second-order valence-electron chi connectivity index (χ2n) is 9.60. The first-order valence-electron chi connectivity index (χ1n) is 11.8. The highest BCUT2D eigenvalue weighted by molar-refractivity contribution is 6.15. The number of fused-ring (bicyclic) bond motifs is 14. The van der Waals surface area contributed by atoms with Gasteiger partial charge in [0.15, 0.2) is 0 Å². The molecule has 0 radical (unpaired) electrons. The highest BCUT2D eigenvalue weighted by Gasteiger charge is 2.29. The summed E-state index contributed by atoms with van der Waals surface area (Å²) in [6.45, 7) is 4.31. The Balaban J connectivity index is 1.48. The number of nitrogens with zero attached hydrogens (tertiary/aromatic N) is 2. The molecule has 33 heavy (non-hydrogen) atoms. The molecule has 2 heteroatoms. The van der Waals surface area contributed by atoms with Crippen LogP contribution in [0.3, 0.4) is 0 Å². The fourth-order valence-electron chi connectivity index (χ4n) is 6.45. The van der Waals surface area contributed by atoms with Crippen molar-refractivity contribution in [2.24, 2.45) is 0 Å². The van der Waals surface area contributed by atoms with E-state index in [1.165, 1.54) is 71.9 Å². The predicted molar refractivity (Wildman–Crippen MR) is 136 cm³/mol. The largest absolute Gasteiger partial charge is 0.296 e. The first-order chi connectivity index (χ1) is 16.2. The van der Waals surface area contributed by atoms with Gasteiger partial charge in [0.1, 0.15) is 5.65 Å². The summed E-state index contributed by atoms with van der Waals surface area (Å²) in [6.07, 6.45) is 2.05. The lowest BCUT2D eigenvalue weighted by Gasteiger charge is -2.13. The van der Waals surface area contributed by atoms with Gasteiger partial charge in [-0.3, -0.25) is 4.40 Å². The Morgan fingerprint density at radius 1 is 0.636 bits per heavy atom. The van der Waals surface area contributed by atoms with Crippen molar-refractivity contribution < 1.29 is 0 Å². The molecule has 8 rings (SSSR count). The molecule has 0 atom stereocenters. The van der Waals surface area contributed by atoms with E-state index in [1.54, 1.807) is 0 Å². The molecule has 2 heterocycles. The molecular weight excluding hydrogens is 400 g/mol. The van der Waals surface area contributed by atoms with Gasteiger partial charge >= 0.3 is 0 Å². The number of imidazole rings is 1. The molecule has 0 fully saturated rings. The van der Waals surface area contributed by atoms with Crippen LogP contribution in [0.15, 0.2) is 72.8 Å². The first-order valence-corrected chi connectivity index (χ1v) is 11.8. The molecule has 2 aromatic heterocycles. The van der Waals surface area contributed by atoms with Crippen molar-refractivity contribution in [3.8, 4) is 22.3 Å². The summed E-state index contributed by atoms with van der Waals surface area (Å²) in [4.78, 5) is 4.96. The lowest BCUT2D eigenvalue weighted by molar-refractivity contribution is 1.14. The van der Waals surface area contributed by atoms with E-state index in [0.29, 0.717) is 0 Å². The number of pyridine rings is 1. The van der Waals surface area contributed by atoms with Crippen LogP contribution in [-0.4, -0.2) is 9.38 Å². The van der Waals surface area contributed by atoms with Crippen LogP contribution in [0, 0.1) is 13.8 Å². The topological polar surface area (TPSA) is 17.3 Å². The maximum atomic E-state index is 4.96. The minimum Gasteiger partial charge on any atom is -0.296 e. The summed E-state index contributed by atoms with van der Waals surface area (Å²) < 4.78 is 2.37. The van der Waals surface area contributed by atoms with E-state index in [4.69, 9.17) is 4.98 Å². The molecule has 0 N–H and O–H groups in total. The van der Waals surface area contributed by atoms with E-state index in [-0.39, 0.29) is 0 Å². The minimum absolute atomic E-state index is 1.00. The van der Waals surface area contributed by atoms with E-state index in [2.05, 4.69) is 91.0 Å². The Hall–Kier alpha value is -3.91. The molecule has 2 nitrogen and oxygen atoms in total. The summed E-state index contributed by atoms with van der Waals surface area (Å²) in [5, 5.41) is 3.94. The Kier molecular flexibility index (Phi) is 3.15. The van der Waals surface area contributed by atoms with Crippen molar-refractivity contribution in [3.63, 3.8) is 0 Å². The monoisotopic (exact) mass is 422 g/mol. The number of aryl methyl sites for hydroxylation is 2. The Morgan fingerprint density at radius 2 is 1.30 bits per heavy atom. The summed E-state index contributed by atoms with van der Waals surface area (Å²) in [5.41, 5.74) is 16.3. The third-order valence-corrected chi connectivity index (χ3v) is 8.06. The van der Waals surface area contributed by atoms with Crippen molar-refractivity contribution in [3.05, 3.63) is 106 Å². The Morgan fingerprint density at radius 3 is 2.18 bits per heavy atom. The maximum absolute atomic E-state index is 4.96. The number of aromatic nitrogens is 2. The average molecular weight is 423 g/mol. The standard InChI is InChI=1S/C31H22N2/c1-17-18(2)33-29-14-13-23-22-12-11-21-20-8-4-3-7-19(20)15-26(21)27(22)16-28(23)30(29)24-9-5-6-10-25(24)31(33)32-17/h3-14H,15-16H2,1-2H3. The lowest BCUT2D eigenvalue weighted by atomic mass is 9.96. The molecule has 2 aliphatic carbocycles. The van der Waals surface area contributed by atoms with E-state index in [9.17, 15) is 0 Å². The third kappa shape index (κ3) is 2.07. The molecule has 156 valence electrons. The van der Waals surface area contributed by atoms with Gasteiger partial charge in [0.05, 0.1) is 11.2 Å². The van der Waals surface area contributed by atoms with Crippen molar-refractivity contribution in [1.29, 1.82) is 0 Å². The lowest BCUT2D eigenvalue weighted by Crippen LogP contribution is -1.96. The molecule has 2 aliphatic rings. The van der Waals surface area contributed by atoms with Crippen LogP contribution in [0.4, 0.5) is 0 Å². The predicted octanol–water partition coefficient (Wildman–Crippen LogP) is 7.40. The van der Waals surface area contributed by atoms with Gasteiger partial charge in [-0.1, -0.05) is 66.7 Å². The zero-order chi connectivity index (χ0) is 21.8. The Labute approximate surface area is 192 Å². The highest BCUT2D eigenvalue weighted by Crippen LogP contribution is 2.49. The third-order valence-electron chi connectivity index (χ3n) is 8.06. The quantitative estimate of drug-likeness (QED) is 0.233. The number of rotatable bonds is 0. The molecule has 0 saturated carbocycles. The van der Waals surface area contributed by atoms with Gasteiger partial charge < -0.3 is 0 Å². The second-order valence-corrected chi connectivity index (χ2v) is 9.60. The maximum Gasteiger partial charge on any atom is 0.145 e. The molecule has 6 aromatic rings. The zero-order valence-electron chi connectivity index (χ0n) is 18.7. The molecule has 0 unspecified atom stereocenters. The van der Waals surface area contributed by atoms with Gasteiger partial charge in [0, 0.05) is 16.5 Å². The van der Waals surface area contributed by atoms with Gasteiger partial charge in [0.2, 0.25) is 0 Å². The molecule has 0 aliphatic heterocycles. The minimum atomic E-state index is 1.00. The van der Waals surface area contributed by atoms with Crippen molar-refractivity contribution in [1.82, 2.24) is 9.38 Å². The normalized spacial score (nSPS) is 13.5. The highest BCUT2D eigenvalue weighted by atomic mass is 15.0. The summed E-state index contributed by atoms with van der Waals surface area (Å²) in [5.74, 6) is 0. The van der Waals surface area contributed by atoms with Crippen LogP contribution in [0.2, 0.25) is 0 Å². The van der Waals surface area contributed by atoms with Crippen LogP contribution >= 0.6 is 0 Å². The SMILES string of the molecule is Cc1nc2c3ccccc3c3c4c(ccc3n2c1C)-c1ccc2c(c1C4)Cc1ccccc1-2. The van der Waals surface area contributed by atoms with Gasteiger partial charge in [-0.15, -0.1) is 0 Å². The fraction of sp³-hybridized carbons (Fsp3) is 0.129. The van der Waals surface area contributed by atoms with Crippen LogP contribution in [0.25, 0.3) is 49.6 Å². The molecule has 4 aromatic carbocycles. The van der Waals surface area contributed by atoms with Crippen LogP contribution < -0.4 is 0 Å². The Bertz CT molecular complexity index is 1830. The van der Waals surface area contributed by atoms with Crippen LogP contribution in [0.1, 0.15) is 33.6 Å². The summed E-state index contributed by atoms with van der Waals surface area (Å²) >= 11 is 0. The summed E-state index contributed by atoms with van der Waals surface area (Å²) in [6, 6.07) is 27.1. The number of benzene rings is 4. The smallest absolute Gasteiger partial charge is 0.145 e. The van der Waals surface area contributed by atoms with Gasteiger partial charge in [-0.25, -0.2) is 4.98 Å². The van der Waals surface area contributed by atoms with E-state index in [0.717, 1.165) is 24.2 Å². The van der Waals surface area contributed by atoms with E-state index in [1.807, 2.05) is 0 Å². The zero-order valence-corrected chi connectivity index (χ0v) is 18.7. The average Bonchev–Trinajstić information content (AvgIpc) is 3.50. The molecular formula is C31H22N2. The van der Waals surface area contributed by atoms with Gasteiger partial charge in [-0.2, -0.15) is 0 Å². The van der Waals surface area contributed by atoms with Crippen molar-refractivity contribution in [2.75, 3.05) is 0 Å². The van der Waals surface area contributed by atoms with Crippen LogP contribution in [0.5, 0.6) is 0 Å².